The summed E-state index contributed by atoms with van der Waals surface area (Å²) in [6.45, 7) is 1.00. The third kappa shape index (κ3) is 4.39. The van der Waals surface area contributed by atoms with E-state index in [0.717, 1.165) is 30.5 Å². The fraction of sp³-hybridized carbons (Fsp3) is 0.321. The lowest BCUT2D eigenvalue weighted by Crippen LogP contribution is -2.45. The summed E-state index contributed by atoms with van der Waals surface area (Å²) in [7, 11) is 0. The smallest absolute Gasteiger partial charge is 0.274 e. The van der Waals surface area contributed by atoms with Crippen LogP contribution in [0.25, 0.3) is 0 Å². The molecule has 3 aliphatic rings. The summed E-state index contributed by atoms with van der Waals surface area (Å²) < 4.78 is 35.0. The molecule has 2 fully saturated rings. The predicted molar refractivity (Wildman–Crippen MR) is 130 cm³/mol. The SMILES string of the molecule is O=C(NCc1ccc(F)cc1F)c1cn2c(c(OCc3ccccc3)c1=O)C(=O)N1CC3CC3CC2C1. The maximum atomic E-state index is 14.1. The van der Waals surface area contributed by atoms with Crippen molar-refractivity contribution in [2.24, 2.45) is 11.8 Å². The van der Waals surface area contributed by atoms with Gasteiger partial charge < -0.3 is 19.5 Å². The van der Waals surface area contributed by atoms with Crippen LogP contribution in [0.15, 0.2) is 59.5 Å². The highest BCUT2D eigenvalue weighted by molar-refractivity contribution is 5.99. The highest BCUT2D eigenvalue weighted by Gasteiger charge is 2.48. The molecule has 3 atom stereocenters. The number of nitrogens with one attached hydrogen (secondary N) is 1. The summed E-state index contributed by atoms with van der Waals surface area (Å²) in [6, 6.07) is 12.2. The monoisotopic (exact) mass is 505 g/mol. The molecule has 0 spiro atoms. The zero-order valence-corrected chi connectivity index (χ0v) is 20.0. The van der Waals surface area contributed by atoms with Crippen molar-refractivity contribution in [2.75, 3.05) is 13.1 Å². The number of aromatic nitrogens is 1. The lowest BCUT2D eigenvalue weighted by Gasteiger charge is -2.35. The topological polar surface area (TPSA) is 80.6 Å². The van der Waals surface area contributed by atoms with Gasteiger partial charge in [0.25, 0.3) is 11.8 Å². The van der Waals surface area contributed by atoms with Gasteiger partial charge in [0, 0.05) is 37.5 Å². The first kappa shape index (κ1) is 23.4. The molecule has 9 heteroatoms. The number of carbonyl (C=O) groups is 2. The normalized spacial score (nSPS) is 21.5. The molecule has 1 aromatic heterocycles. The average Bonchev–Trinajstić information content (AvgIpc) is 3.64. The molecule has 2 bridgehead atoms. The van der Waals surface area contributed by atoms with Gasteiger partial charge in [0.15, 0.2) is 11.4 Å². The van der Waals surface area contributed by atoms with Gasteiger partial charge in [-0.25, -0.2) is 8.78 Å². The number of halogens is 2. The van der Waals surface area contributed by atoms with Crippen molar-refractivity contribution in [2.45, 2.75) is 32.0 Å². The third-order valence-corrected chi connectivity index (χ3v) is 7.53. The number of fused-ring (bicyclic) bond motifs is 5. The Hall–Kier alpha value is -4.01. The maximum absolute atomic E-state index is 14.1. The Kier molecular flexibility index (Phi) is 5.78. The predicted octanol–water partition coefficient (Wildman–Crippen LogP) is 3.67. The molecule has 6 rings (SSSR count). The average molecular weight is 506 g/mol. The zero-order chi connectivity index (χ0) is 25.7. The lowest BCUT2D eigenvalue weighted by atomic mass is 10.0. The van der Waals surface area contributed by atoms with Crippen LogP contribution in [0, 0.1) is 23.5 Å². The fourth-order valence-corrected chi connectivity index (χ4v) is 5.44. The van der Waals surface area contributed by atoms with E-state index in [0.29, 0.717) is 24.9 Å². The number of amides is 2. The summed E-state index contributed by atoms with van der Waals surface area (Å²) >= 11 is 0. The number of hydrogen-bond acceptors (Lipinski definition) is 4. The van der Waals surface area contributed by atoms with Gasteiger partial charge in [-0.05, 0) is 36.3 Å². The van der Waals surface area contributed by atoms with Gasteiger partial charge >= 0.3 is 0 Å². The Morgan fingerprint density at radius 3 is 2.62 bits per heavy atom. The summed E-state index contributed by atoms with van der Waals surface area (Å²) in [5, 5.41) is 2.55. The van der Waals surface area contributed by atoms with Crippen LogP contribution < -0.4 is 15.5 Å². The number of rotatable bonds is 6. The van der Waals surface area contributed by atoms with Gasteiger partial charge in [-0.1, -0.05) is 36.4 Å². The van der Waals surface area contributed by atoms with Gasteiger partial charge in [0.1, 0.15) is 23.8 Å². The first-order valence-electron chi connectivity index (χ1n) is 12.4. The highest BCUT2D eigenvalue weighted by atomic mass is 19.1. The molecule has 37 heavy (non-hydrogen) atoms. The van der Waals surface area contributed by atoms with Gasteiger partial charge in [-0.3, -0.25) is 14.4 Å². The molecule has 2 aliphatic heterocycles. The number of hydrogen-bond donors (Lipinski definition) is 1. The number of nitrogens with zero attached hydrogens (tertiary/aromatic N) is 2. The van der Waals surface area contributed by atoms with E-state index < -0.39 is 23.0 Å². The Labute approximate surface area is 211 Å². The van der Waals surface area contributed by atoms with Gasteiger partial charge in [0.05, 0.1) is 6.04 Å². The standard InChI is InChI=1S/C28H25F2N3O4/c29-20-7-6-17(23(30)10-20)11-31-27(35)22-14-33-21-9-18-8-19(18)12-32(13-21)28(36)24(33)26(25(22)34)37-15-16-4-2-1-3-5-16/h1-7,10,14,18-19,21H,8-9,11-13,15H2,(H,31,35). The minimum absolute atomic E-state index is 0.0537. The Morgan fingerprint density at radius 2 is 1.84 bits per heavy atom. The number of pyridine rings is 1. The molecule has 2 amide bonds. The number of ether oxygens (including phenoxy) is 1. The van der Waals surface area contributed by atoms with Crippen molar-refractivity contribution in [3.63, 3.8) is 0 Å². The second-order valence-electron chi connectivity index (χ2n) is 10.0. The third-order valence-electron chi connectivity index (χ3n) is 7.53. The van der Waals surface area contributed by atoms with E-state index in [4.69, 9.17) is 4.74 Å². The molecule has 1 saturated carbocycles. The Morgan fingerprint density at radius 1 is 1.03 bits per heavy atom. The summed E-state index contributed by atoms with van der Waals surface area (Å²) in [4.78, 5) is 42.0. The number of carbonyl (C=O) groups excluding carboxylic acids is 2. The first-order valence-corrected chi connectivity index (χ1v) is 12.4. The molecule has 2 aromatic carbocycles. The fourth-order valence-electron chi connectivity index (χ4n) is 5.44. The molecular weight excluding hydrogens is 480 g/mol. The van der Waals surface area contributed by atoms with E-state index in [9.17, 15) is 23.2 Å². The minimum atomic E-state index is -0.794. The maximum Gasteiger partial charge on any atom is 0.274 e. The Balaban J connectivity index is 1.37. The van der Waals surface area contributed by atoms with Gasteiger partial charge in [-0.2, -0.15) is 0 Å². The minimum Gasteiger partial charge on any atom is -0.483 e. The van der Waals surface area contributed by atoms with E-state index in [-0.39, 0.29) is 47.7 Å². The molecule has 3 aromatic rings. The van der Waals surface area contributed by atoms with Crippen LogP contribution in [0.2, 0.25) is 0 Å². The zero-order valence-electron chi connectivity index (χ0n) is 20.0. The van der Waals surface area contributed by atoms with Crippen molar-refractivity contribution >= 4 is 11.8 Å². The van der Waals surface area contributed by atoms with Crippen molar-refractivity contribution in [1.82, 2.24) is 14.8 Å². The van der Waals surface area contributed by atoms with E-state index in [1.807, 2.05) is 30.3 Å². The van der Waals surface area contributed by atoms with Crippen LogP contribution >= 0.6 is 0 Å². The summed E-state index contributed by atoms with van der Waals surface area (Å²) in [5.41, 5.74) is 0.177. The summed E-state index contributed by atoms with van der Waals surface area (Å²) in [6.07, 6.45) is 3.36. The molecular formula is C28H25F2N3O4. The van der Waals surface area contributed by atoms with Crippen LogP contribution in [0.4, 0.5) is 8.78 Å². The van der Waals surface area contributed by atoms with Gasteiger partial charge in [0.2, 0.25) is 5.43 Å². The molecule has 1 aliphatic carbocycles. The van der Waals surface area contributed by atoms with Crippen molar-refractivity contribution in [3.05, 3.63) is 99.0 Å². The van der Waals surface area contributed by atoms with E-state index in [1.54, 1.807) is 9.47 Å². The van der Waals surface area contributed by atoms with Gasteiger partial charge in [-0.15, -0.1) is 0 Å². The largest absolute Gasteiger partial charge is 0.483 e. The quantitative estimate of drug-likeness (QED) is 0.555. The van der Waals surface area contributed by atoms with Crippen molar-refractivity contribution in [3.8, 4) is 5.75 Å². The Bertz CT molecular complexity index is 1460. The molecule has 0 radical (unpaired) electrons. The van der Waals surface area contributed by atoms with E-state index in [2.05, 4.69) is 5.32 Å². The van der Waals surface area contributed by atoms with Crippen molar-refractivity contribution < 1.29 is 23.1 Å². The molecule has 1 N–H and O–H groups in total. The van der Waals surface area contributed by atoms with Crippen LogP contribution in [-0.4, -0.2) is 34.4 Å². The summed E-state index contributed by atoms with van der Waals surface area (Å²) in [5.74, 6) is -1.68. The second kappa shape index (κ2) is 9.14. The molecule has 1 saturated heterocycles. The molecule has 190 valence electrons. The lowest BCUT2D eigenvalue weighted by molar-refractivity contribution is 0.0660. The van der Waals surface area contributed by atoms with Crippen LogP contribution in [0.1, 0.15) is 50.9 Å². The molecule has 3 unspecified atom stereocenters. The van der Waals surface area contributed by atoms with Crippen LogP contribution in [0.3, 0.4) is 0 Å². The van der Waals surface area contributed by atoms with E-state index >= 15 is 0 Å². The second-order valence-corrected chi connectivity index (χ2v) is 10.0. The van der Waals surface area contributed by atoms with Crippen molar-refractivity contribution in [1.29, 1.82) is 0 Å². The highest BCUT2D eigenvalue weighted by Crippen LogP contribution is 2.49. The number of benzene rings is 2. The van der Waals surface area contributed by atoms with Crippen LogP contribution in [0.5, 0.6) is 5.75 Å². The molecule has 3 heterocycles. The first-order chi connectivity index (χ1) is 17.9. The van der Waals surface area contributed by atoms with Crippen LogP contribution in [-0.2, 0) is 13.2 Å². The van der Waals surface area contributed by atoms with E-state index in [1.165, 1.54) is 12.3 Å². The molecule has 7 nitrogen and oxygen atoms in total.